The molecule has 0 aliphatic carbocycles. The zero-order valence-corrected chi connectivity index (χ0v) is 15.8. The van der Waals surface area contributed by atoms with E-state index in [4.69, 9.17) is 0 Å². The van der Waals surface area contributed by atoms with Gasteiger partial charge in [-0.15, -0.1) is 11.3 Å². The largest absolute Gasteiger partial charge is 0.396 e. The van der Waals surface area contributed by atoms with Crippen LogP contribution in [0.3, 0.4) is 0 Å². The smallest absolute Gasteiger partial charge is 0.240 e. The molecule has 0 radical (unpaired) electrons. The Morgan fingerprint density at radius 1 is 1.15 bits per heavy atom. The van der Waals surface area contributed by atoms with Crippen molar-refractivity contribution in [2.45, 2.75) is 23.7 Å². The lowest BCUT2D eigenvalue weighted by molar-refractivity contribution is 0.273. The van der Waals surface area contributed by atoms with Crippen LogP contribution in [0.4, 0.5) is 0 Å². The molecule has 0 bridgehead atoms. The maximum absolute atomic E-state index is 12.5. The molecule has 0 spiro atoms. The Bertz CT molecular complexity index is 890. The molecule has 3 rings (SSSR count). The summed E-state index contributed by atoms with van der Waals surface area (Å²) in [5, 5.41) is 15.3. The predicted molar refractivity (Wildman–Crippen MR) is 102 cm³/mol. The molecule has 1 atom stereocenters. The number of nitrogens with zero attached hydrogens (tertiary/aromatic N) is 2. The van der Waals surface area contributed by atoms with Crippen molar-refractivity contribution in [2.75, 3.05) is 13.2 Å². The molecule has 0 amide bonds. The summed E-state index contributed by atoms with van der Waals surface area (Å²) >= 11 is 1.63. The van der Waals surface area contributed by atoms with Crippen LogP contribution in [0.25, 0.3) is 5.69 Å². The van der Waals surface area contributed by atoms with Crippen LogP contribution >= 0.6 is 11.3 Å². The quantitative estimate of drug-likeness (QED) is 0.587. The van der Waals surface area contributed by atoms with E-state index in [9.17, 15) is 13.5 Å². The van der Waals surface area contributed by atoms with Gasteiger partial charge < -0.3 is 5.11 Å². The Balaban J connectivity index is 1.61. The zero-order chi connectivity index (χ0) is 18.4. The summed E-state index contributed by atoms with van der Waals surface area (Å²) in [4.78, 5) is 1.39. The Morgan fingerprint density at radius 2 is 1.96 bits per heavy atom. The summed E-state index contributed by atoms with van der Waals surface area (Å²) in [6.45, 7) is 0.413. The topological polar surface area (TPSA) is 84.2 Å². The first-order valence-electron chi connectivity index (χ1n) is 8.34. The summed E-state index contributed by atoms with van der Waals surface area (Å²) in [5.41, 5.74) is 0.801. The number of thiophene rings is 1. The first-order valence-corrected chi connectivity index (χ1v) is 10.7. The lowest BCUT2D eigenvalue weighted by Gasteiger charge is -2.15. The molecule has 0 saturated heterocycles. The molecule has 3 aromatic rings. The fourth-order valence-electron chi connectivity index (χ4n) is 2.76. The number of hydrogen-bond acceptors (Lipinski definition) is 5. The number of nitrogens with one attached hydrogen (secondary N) is 1. The van der Waals surface area contributed by atoms with Gasteiger partial charge in [-0.1, -0.05) is 6.07 Å². The second-order valence-electron chi connectivity index (χ2n) is 5.86. The highest BCUT2D eigenvalue weighted by atomic mass is 32.2. The number of sulfonamides is 1. The van der Waals surface area contributed by atoms with Crippen molar-refractivity contribution >= 4 is 21.4 Å². The fourth-order valence-corrected chi connectivity index (χ4v) is 4.71. The number of aliphatic hydroxyl groups excluding tert-OH is 1. The van der Waals surface area contributed by atoms with Gasteiger partial charge in [0, 0.05) is 30.4 Å². The molecule has 138 valence electrons. The maximum Gasteiger partial charge on any atom is 0.240 e. The molecule has 1 aromatic carbocycles. The van der Waals surface area contributed by atoms with Crippen molar-refractivity contribution in [1.82, 2.24) is 14.5 Å². The van der Waals surface area contributed by atoms with E-state index in [0.717, 1.165) is 5.69 Å². The number of benzene rings is 1. The van der Waals surface area contributed by atoms with Gasteiger partial charge in [-0.3, -0.25) is 0 Å². The first-order chi connectivity index (χ1) is 12.6. The van der Waals surface area contributed by atoms with Crippen LogP contribution in [0.5, 0.6) is 0 Å². The van der Waals surface area contributed by atoms with Crippen molar-refractivity contribution < 1.29 is 13.5 Å². The van der Waals surface area contributed by atoms with Crippen LogP contribution < -0.4 is 4.72 Å². The molecule has 8 heteroatoms. The third kappa shape index (κ3) is 4.59. The van der Waals surface area contributed by atoms with E-state index in [1.54, 1.807) is 52.7 Å². The monoisotopic (exact) mass is 391 g/mol. The minimum absolute atomic E-state index is 0.0875. The van der Waals surface area contributed by atoms with Gasteiger partial charge in [0.1, 0.15) is 0 Å². The Morgan fingerprint density at radius 3 is 2.58 bits per heavy atom. The van der Waals surface area contributed by atoms with Gasteiger partial charge in [-0.25, -0.2) is 17.8 Å². The molecule has 0 saturated carbocycles. The predicted octanol–water partition coefficient (Wildman–Crippen LogP) is 2.77. The molecule has 0 unspecified atom stereocenters. The lowest BCUT2D eigenvalue weighted by atomic mass is 10.0. The van der Waals surface area contributed by atoms with E-state index in [-0.39, 0.29) is 17.4 Å². The average Bonchev–Trinajstić information content (AvgIpc) is 3.35. The second kappa shape index (κ2) is 8.59. The van der Waals surface area contributed by atoms with E-state index in [0.29, 0.717) is 19.4 Å². The van der Waals surface area contributed by atoms with E-state index >= 15 is 0 Å². The molecule has 0 fully saturated rings. The molecule has 2 N–H and O–H groups in total. The maximum atomic E-state index is 12.5. The van der Waals surface area contributed by atoms with Crippen molar-refractivity contribution in [3.8, 4) is 5.69 Å². The number of hydrogen-bond donors (Lipinski definition) is 2. The summed E-state index contributed by atoms with van der Waals surface area (Å²) in [6.07, 6.45) is 4.74. The Kier molecular flexibility index (Phi) is 6.20. The summed E-state index contributed by atoms with van der Waals surface area (Å²) in [5.74, 6) is 0.157. The minimum Gasteiger partial charge on any atom is -0.396 e. The van der Waals surface area contributed by atoms with Crippen LogP contribution in [0, 0.1) is 0 Å². The summed E-state index contributed by atoms with van der Waals surface area (Å²) in [6, 6.07) is 12.4. The van der Waals surface area contributed by atoms with Gasteiger partial charge >= 0.3 is 0 Å². The molecule has 26 heavy (non-hydrogen) atoms. The van der Waals surface area contributed by atoms with Gasteiger partial charge in [0.15, 0.2) is 0 Å². The van der Waals surface area contributed by atoms with E-state index in [2.05, 4.69) is 9.82 Å². The van der Waals surface area contributed by atoms with Gasteiger partial charge in [-0.2, -0.15) is 5.10 Å². The summed E-state index contributed by atoms with van der Waals surface area (Å²) < 4.78 is 29.3. The molecule has 2 aromatic heterocycles. The third-order valence-corrected chi connectivity index (χ3v) is 6.64. The fraction of sp³-hybridized carbons (Fsp3) is 0.278. The normalized spacial score (nSPS) is 13.0. The molecule has 0 aliphatic rings. The van der Waals surface area contributed by atoms with Crippen LogP contribution in [-0.2, 0) is 10.0 Å². The van der Waals surface area contributed by atoms with Crippen molar-refractivity contribution in [3.63, 3.8) is 0 Å². The molecular formula is C18H21N3O3S2. The van der Waals surface area contributed by atoms with E-state index in [1.165, 1.54) is 4.88 Å². The number of rotatable bonds is 9. The average molecular weight is 392 g/mol. The van der Waals surface area contributed by atoms with E-state index < -0.39 is 10.0 Å². The standard InChI is InChI=1S/C18H21N3O3S2/c22-13-9-15(18-3-1-14-25-18)8-11-20-26(23,24)17-6-4-16(5-7-17)21-12-2-10-19-21/h1-7,10,12,14-15,20,22H,8-9,11,13H2/t15-/m1/s1. The van der Waals surface area contributed by atoms with Gasteiger partial charge in [-0.05, 0) is 60.5 Å². The molecule has 0 aliphatic heterocycles. The highest BCUT2D eigenvalue weighted by molar-refractivity contribution is 7.89. The van der Waals surface area contributed by atoms with Gasteiger partial charge in [0.05, 0.1) is 10.6 Å². The Hall–Kier alpha value is -2.00. The van der Waals surface area contributed by atoms with Gasteiger partial charge in [0.2, 0.25) is 10.0 Å². The Labute approximate surface area is 157 Å². The molecule has 2 heterocycles. The van der Waals surface area contributed by atoms with Crippen LogP contribution in [-0.4, -0.2) is 36.5 Å². The lowest BCUT2D eigenvalue weighted by Crippen LogP contribution is -2.26. The molecule has 6 nitrogen and oxygen atoms in total. The van der Waals surface area contributed by atoms with Crippen molar-refractivity contribution in [3.05, 3.63) is 65.1 Å². The highest BCUT2D eigenvalue weighted by Gasteiger charge is 2.17. The SMILES string of the molecule is O=S(=O)(NCC[C@H](CCO)c1cccs1)c1ccc(-n2cccn2)cc1. The summed E-state index contributed by atoms with van der Waals surface area (Å²) in [7, 11) is -3.56. The van der Waals surface area contributed by atoms with Crippen LogP contribution in [0.2, 0.25) is 0 Å². The van der Waals surface area contributed by atoms with Gasteiger partial charge in [0.25, 0.3) is 0 Å². The zero-order valence-electron chi connectivity index (χ0n) is 14.2. The number of aliphatic hydroxyl groups is 1. The van der Waals surface area contributed by atoms with E-state index in [1.807, 2.05) is 23.6 Å². The second-order valence-corrected chi connectivity index (χ2v) is 8.60. The van der Waals surface area contributed by atoms with Crippen molar-refractivity contribution in [2.24, 2.45) is 0 Å². The third-order valence-electron chi connectivity index (χ3n) is 4.12. The minimum atomic E-state index is -3.56. The highest BCUT2D eigenvalue weighted by Crippen LogP contribution is 2.27. The molecular weight excluding hydrogens is 370 g/mol. The van der Waals surface area contributed by atoms with Crippen molar-refractivity contribution in [1.29, 1.82) is 0 Å². The first kappa shape index (κ1) is 18.8. The number of aromatic nitrogens is 2. The van der Waals surface area contributed by atoms with Crippen LogP contribution in [0.1, 0.15) is 23.6 Å². The van der Waals surface area contributed by atoms with Crippen LogP contribution in [0.15, 0.2) is 65.1 Å².